The molecule has 0 radical (unpaired) electrons. The second kappa shape index (κ2) is 7.37. The Bertz CT molecular complexity index is 706. The zero-order valence-electron chi connectivity index (χ0n) is 13.9. The molecule has 0 amide bonds. The zero-order valence-corrected chi connectivity index (χ0v) is 13.9. The van der Waals surface area contributed by atoms with Crippen molar-refractivity contribution < 1.29 is 13.2 Å². The molecule has 1 aromatic carbocycles. The summed E-state index contributed by atoms with van der Waals surface area (Å²) in [6.45, 7) is 2.21. The molecule has 128 valence electrons. The molecule has 4 heteroatoms. The first kappa shape index (κ1) is 17.0. The van der Waals surface area contributed by atoms with E-state index in [-0.39, 0.29) is 11.1 Å². The van der Waals surface area contributed by atoms with Gasteiger partial charge < -0.3 is 0 Å². The highest BCUT2D eigenvalue weighted by Gasteiger charge is 2.23. The van der Waals surface area contributed by atoms with Crippen molar-refractivity contribution in [2.75, 3.05) is 0 Å². The summed E-state index contributed by atoms with van der Waals surface area (Å²) < 4.78 is 41.2. The summed E-state index contributed by atoms with van der Waals surface area (Å²) in [5.74, 6) is -1.19. The van der Waals surface area contributed by atoms with Crippen LogP contribution in [0.3, 0.4) is 0 Å². The minimum Gasteiger partial charge on any atom is -0.206 e. The van der Waals surface area contributed by atoms with Crippen LogP contribution in [0.2, 0.25) is 0 Å². The van der Waals surface area contributed by atoms with Crippen molar-refractivity contribution in [3.63, 3.8) is 0 Å². The van der Waals surface area contributed by atoms with Crippen LogP contribution in [0.15, 0.2) is 30.3 Å². The molecule has 1 nitrogen and oxygen atoms in total. The quantitative estimate of drug-likeness (QED) is 0.604. The van der Waals surface area contributed by atoms with E-state index in [0.29, 0.717) is 5.92 Å². The van der Waals surface area contributed by atoms with Gasteiger partial charge in [-0.15, -0.1) is 0 Å². The molecule has 2 aromatic rings. The third-order valence-electron chi connectivity index (χ3n) is 5.11. The second-order valence-electron chi connectivity index (χ2n) is 6.72. The van der Waals surface area contributed by atoms with Crippen molar-refractivity contribution in [2.45, 2.75) is 51.4 Å². The Morgan fingerprint density at radius 2 is 1.67 bits per heavy atom. The molecule has 0 spiro atoms. The second-order valence-corrected chi connectivity index (χ2v) is 6.72. The predicted molar refractivity (Wildman–Crippen MR) is 89.2 cm³/mol. The summed E-state index contributed by atoms with van der Waals surface area (Å²) in [4.78, 5) is 3.13. The SMILES string of the molecule is CCCC1CCC(c2ccc(-c3ccc(F)nc3F)c(F)c2)CC1. The van der Waals surface area contributed by atoms with E-state index in [0.717, 1.165) is 30.4 Å². The van der Waals surface area contributed by atoms with Gasteiger partial charge in [-0.1, -0.05) is 31.9 Å². The summed E-state index contributed by atoms with van der Waals surface area (Å²) in [6.07, 6.45) is 7.04. The largest absolute Gasteiger partial charge is 0.223 e. The van der Waals surface area contributed by atoms with E-state index in [9.17, 15) is 13.2 Å². The van der Waals surface area contributed by atoms with Gasteiger partial charge in [0.05, 0.1) is 0 Å². The molecule has 3 rings (SSSR count). The molecule has 1 fully saturated rings. The minimum atomic E-state index is -0.985. The third-order valence-corrected chi connectivity index (χ3v) is 5.11. The molecule has 1 aliphatic rings. The lowest BCUT2D eigenvalue weighted by Crippen LogP contribution is -2.13. The van der Waals surface area contributed by atoms with Crippen molar-refractivity contribution in [1.29, 1.82) is 0 Å². The molecule has 1 heterocycles. The summed E-state index contributed by atoms with van der Waals surface area (Å²) in [5, 5.41) is 0. The molecule has 0 unspecified atom stereocenters. The maximum absolute atomic E-state index is 14.5. The Kier molecular flexibility index (Phi) is 5.22. The molecular formula is C20H22F3N. The first-order valence-corrected chi connectivity index (χ1v) is 8.70. The van der Waals surface area contributed by atoms with Crippen LogP contribution >= 0.6 is 0 Å². The van der Waals surface area contributed by atoms with E-state index in [4.69, 9.17) is 0 Å². The summed E-state index contributed by atoms with van der Waals surface area (Å²) in [7, 11) is 0. The number of nitrogens with zero attached hydrogens (tertiary/aromatic N) is 1. The molecule has 24 heavy (non-hydrogen) atoms. The number of halogens is 3. The molecule has 0 N–H and O–H groups in total. The van der Waals surface area contributed by atoms with Crippen molar-refractivity contribution >= 4 is 0 Å². The average Bonchev–Trinajstić information content (AvgIpc) is 2.56. The maximum Gasteiger partial charge on any atom is 0.223 e. The first-order chi connectivity index (χ1) is 11.6. The van der Waals surface area contributed by atoms with Crippen LogP contribution in [0.25, 0.3) is 11.1 Å². The van der Waals surface area contributed by atoms with E-state index < -0.39 is 17.7 Å². The Balaban J connectivity index is 1.78. The van der Waals surface area contributed by atoms with Gasteiger partial charge in [-0.3, -0.25) is 0 Å². The number of aromatic nitrogens is 1. The molecule has 0 saturated heterocycles. The Hall–Kier alpha value is -1.84. The predicted octanol–water partition coefficient (Wildman–Crippen LogP) is 6.24. The first-order valence-electron chi connectivity index (χ1n) is 8.70. The number of hydrogen-bond donors (Lipinski definition) is 0. The average molecular weight is 333 g/mol. The molecule has 1 aromatic heterocycles. The monoisotopic (exact) mass is 333 g/mol. The van der Waals surface area contributed by atoms with Gasteiger partial charge >= 0.3 is 0 Å². The lowest BCUT2D eigenvalue weighted by atomic mass is 9.77. The molecule has 0 bridgehead atoms. The Morgan fingerprint density at radius 1 is 0.958 bits per heavy atom. The van der Waals surface area contributed by atoms with Gasteiger partial charge in [0.2, 0.25) is 11.9 Å². The van der Waals surface area contributed by atoms with Crippen LogP contribution in [0.1, 0.15) is 56.9 Å². The third kappa shape index (κ3) is 3.63. The number of benzene rings is 1. The molecule has 0 atom stereocenters. The van der Waals surface area contributed by atoms with Crippen LogP contribution in [0.5, 0.6) is 0 Å². The maximum atomic E-state index is 14.5. The van der Waals surface area contributed by atoms with Crippen molar-refractivity contribution in [1.82, 2.24) is 4.98 Å². The Morgan fingerprint density at radius 3 is 2.29 bits per heavy atom. The van der Waals surface area contributed by atoms with Crippen molar-refractivity contribution in [3.8, 4) is 11.1 Å². The summed E-state index contributed by atoms with van der Waals surface area (Å²) in [5.41, 5.74) is 1.09. The van der Waals surface area contributed by atoms with Crippen LogP contribution in [0.4, 0.5) is 13.2 Å². The summed E-state index contributed by atoms with van der Waals surface area (Å²) in [6, 6.07) is 7.22. The minimum absolute atomic E-state index is 0.00731. The molecular weight excluding hydrogens is 311 g/mol. The highest BCUT2D eigenvalue weighted by atomic mass is 19.1. The highest BCUT2D eigenvalue weighted by Crippen LogP contribution is 2.38. The van der Waals surface area contributed by atoms with Gasteiger partial charge in [-0.2, -0.15) is 13.8 Å². The molecule has 1 aliphatic carbocycles. The van der Waals surface area contributed by atoms with E-state index in [2.05, 4.69) is 11.9 Å². The van der Waals surface area contributed by atoms with Gasteiger partial charge in [0.15, 0.2) is 0 Å². The topological polar surface area (TPSA) is 12.9 Å². The summed E-state index contributed by atoms with van der Waals surface area (Å²) >= 11 is 0. The molecule has 0 aliphatic heterocycles. The van der Waals surface area contributed by atoms with E-state index in [1.54, 1.807) is 6.07 Å². The van der Waals surface area contributed by atoms with E-state index in [1.165, 1.54) is 37.8 Å². The van der Waals surface area contributed by atoms with Crippen LogP contribution in [0, 0.1) is 23.6 Å². The lowest BCUT2D eigenvalue weighted by molar-refractivity contribution is 0.308. The van der Waals surface area contributed by atoms with E-state index in [1.807, 2.05) is 6.07 Å². The van der Waals surface area contributed by atoms with Gasteiger partial charge in [0.1, 0.15) is 5.82 Å². The van der Waals surface area contributed by atoms with Crippen LogP contribution in [-0.4, -0.2) is 4.98 Å². The van der Waals surface area contributed by atoms with Crippen LogP contribution in [-0.2, 0) is 0 Å². The normalized spacial score (nSPS) is 21.0. The smallest absolute Gasteiger partial charge is 0.206 e. The lowest BCUT2D eigenvalue weighted by Gasteiger charge is -2.28. The standard InChI is InChI=1S/C20H22F3N/c1-2-3-13-4-6-14(7-5-13)15-8-9-16(18(21)12-15)17-10-11-19(22)24-20(17)23/h8-14H,2-7H2,1H3. The fourth-order valence-electron chi connectivity index (χ4n) is 3.81. The number of pyridine rings is 1. The van der Waals surface area contributed by atoms with Gasteiger partial charge in [0, 0.05) is 11.1 Å². The highest BCUT2D eigenvalue weighted by molar-refractivity contribution is 5.64. The fourth-order valence-corrected chi connectivity index (χ4v) is 3.81. The van der Waals surface area contributed by atoms with Crippen molar-refractivity contribution in [2.24, 2.45) is 5.92 Å². The van der Waals surface area contributed by atoms with E-state index >= 15 is 0 Å². The molecule has 1 saturated carbocycles. The van der Waals surface area contributed by atoms with Crippen molar-refractivity contribution in [3.05, 3.63) is 53.6 Å². The zero-order chi connectivity index (χ0) is 17.1. The van der Waals surface area contributed by atoms with Gasteiger partial charge in [0.25, 0.3) is 0 Å². The van der Waals surface area contributed by atoms with Crippen LogP contribution < -0.4 is 0 Å². The Labute approximate surface area is 140 Å². The van der Waals surface area contributed by atoms with Gasteiger partial charge in [-0.25, -0.2) is 4.39 Å². The number of hydrogen-bond acceptors (Lipinski definition) is 1. The van der Waals surface area contributed by atoms with Gasteiger partial charge in [-0.05, 0) is 61.3 Å². The fraction of sp³-hybridized carbons (Fsp3) is 0.450. The number of rotatable bonds is 4.